The summed E-state index contributed by atoms with van der Waals surface area (Å²) in [6.07, 6.45) is 0.708. The van der Waals surface area contributed by atoms with Crippen molar-refractivity contribution >= 4 is 5.97 Å². The SMILES string of the molecule is NCC1CC[C@@H](C(=O)O)O1. The van der Waals surface area contributed by atoms with Crippen LogP contribution < -0.4 is 5.73 Å². The fourth-order valence-corrected chi connectivity index (χ4v) is 1.06. The summed E-state index contributed by atoms with van der Waals surface area (Å²) in [5, 5.41) is 8.46. The third-order valence-corrected chi connectivity index (χ3v) is 1.65. The smallest absolute Gasteiger partial charge is 0.332 e. The molecule has 0 aromatic rings. The Morgan fingerprint density at radius 1 is 1.70 bits per heavy atom. The van der Waals surface area contributed by atoms with Crippen LogP contribution in [0.2, 0.25) is 0 Å². The lowest BCUT2D eigenvalue weighted by molar-refractivity contribution is -0.149. The Kier molecular flexibility index (Phi) is 2.24. The molecule has 0 radical (unpaired) electrons. The summed E-state index contributed by atoms with van der Waals surface area (Å²) >= 11 is 0. The van der Waals surface area contributed by atoms with Gasteiger partial charge in [-0.05, 0) is 12.8 Å². The molecule has 1 aliphatic heterocycles. The summed E-state index contributed by atoms with van der Waals surface area (Å²) in [5.74, 6) is -0.879. The lowest BCUT2D eigenvalue weighted by atomic mass is 10.2. The Labute approximate surface area is 59.0 Å². The molecular weight excluding hydrogens is 134 g/mol. The zero-order valence-corrected chi connectivity index (χ0v) is 5.62. The highest BCUT2D eigenvalue weighted by Crippen LogP contribution is 2.18. The van der Waals surface area contributed by atoms with Crippen molar-refractivity contribution < 1.29 is 14.6 Å². The van der Waals surface area contributed by atoms with Gasteiger partial charge < -0.3 is 15.6 Å². The predicted molar refractivity (Wildman–Crippen MR) is 34.6 cm³/mol. The van der Waals surface area contributed by atoms with Gasteiger partial charge in [0.2, 0.25) is 0 Å². The standard InChI is InChI=1S/C6H11NO3/c7-3-4-1-2-5(10-4)6(8)9/h4-5H,1-3,7H2,(H,8,9)/t4?,5-/m0/s1. The van der Waals surface area contributed by atoms with Crippen molar-refractivity contribution in [3.63, 3.8) is 0 Å². The summed E-state index contributed by atoms with van der Waals surface area (Å²) in [6.45, 7) is 0.420. The van der Waals surface area contributed by atoms with Gasteiger partial charge in [-0.3, -0.25) is 0 Å². The highest BCUT2D eigenvalue weighted by molar-refractivity contribution is 5.72. The van der Waals surface area contributed by atoms with E-state index in [1.54, 1.807) is 0 Å². The van der Waals surface area contributed by atoms with Gasteiger partial charge in [-0.2, -0.15) is 0 Å². The van der Waals surface area contributed by atoms with Crippen molar-refractivity contribution in [3.05, 3.63) is 0 Å². The van der Waals surface area contributed by atoms with Crippen molar-refractivity contribution in [3.8, 4) is 0 Å². The Hall–Kier alpha value is -0.610. The monoisotopic (exact) mass is 145 g/mol. The van der Waals surface area contributed by atoms with Crippen LogP contribution in [0.25, 0.3) is 0 Å². The molecule has 0 aromatic carbocycles. The molecule has 1 saturated heterocycles. The van der Waals surface area contributed by atoms with Crippen molar-refractivity contribution in [2.24, 2.45) is 5.73 Å². The number of carboxylic acid groups (broad SMARTS) is 1. The summed E-state index contributed by atoms with van der Waals surface area (Å²) in [4.78, 5) is 10.3. The van der Waals surface area contributed by atoms with Gasteiger partial charge in [0.05, 0.1) is 6.10 Å². The normalized spacial score (nSPS) is 32.5. The molecule has 1 unspecified atom stereocenters. The number of nitrogens with two attached hydrogens (primary N) is 1. The molecule has 0 aromatic heterocycles. The molecule has 3 N–H and O–H groups in total. The van der Waals surface area contributed by atoms with Crippen molar-refractivity contribution in [2.45, 2.75) is 25.0 Å². The molecule has 0 saturated carbocycles. The second kappa shape index (κ2) is 2.98. The number of hydrogen-bond acceptors (Lipinski definition) is 3. The number of aliphatic carboxylic acids is 1. The van der Waals surface area contributed by atoms with E-state index in [1.807, 2.05) is 0 Å². The zero-order chi connectivity index (χ0) is 7.56. The van der Waals surface area contributed by atoms with Crippen LogP contribution >= 0.6 is 0 Å². The number of ether oxygens (including phenoxy) is 1. The number of carboxylic acids is 1. The molecule has 58 valence electrons. The maximum absolute atomic E-state index is 10.3. The van der Waals surface area contributed by atoms with Crippen LogP contribution in [0.3, 0.4) is 0 Å². The Morgan fingerprint density at radius 2 is 2.40 bits per heavy atom. The Morgan fingerprint density at radius 3 is 2.70 bits per heavy atom. The molecule has 0 bridgehead atoms. The Bertz CT molecular complexity index is 137. The van der Waals surface area contributed by atoms with Gasteiger partial charge in [0.1, 0.15) is 0 Å². The first kappa shape index (κ1) is 7.50. The van der Waals surface area contributed by atoms with E-state index in [0.29, 0.717) is 13.0 Å². The number of carbonyl (C=O) groups is 1. The lowest BCUT2D eigenvalue weighted by Crippen LogP contribution is -2.24. The van der Waals surface area contributed by atoms with E-state index in [4.69, 9.17) is 15.6 Å². The molecule has 4 nitrogen and oxygen atoms in total. The predicted octanol–water partition coefficient (Wildman–Crippen LogP) is -0.423. The minimum atomic E-state index is -0.879. The number of hydrogen-bond donors (Lipinski definition) is 2. The van der Waals surface area contributed by atoms with Crippen molar-refractivity contribution in [1.82, 2.24) is 0 Å². The third-order valence-electron chi connectivity index (χ3n) is 1.65. The second-order valence-electron chi connectivity index (χ2n) is 2.40. The zero-order valence-electron chi connectivity index (χ0n) is 5.62. The molecule has 1 heterocycles. The van der Waals surface area contributed by atoms with Crippen LogP contribution in [0.5, 0.6) is 0 Å². The van der Waals surface area contributed by atoms with Gasteiger partial charge in [-0.1, -0.05) is 0 Å². The second-order valence-corrected chi connectivity index (χ2v) is 2.40. The Balaban J connectivity index is 2.35. The quantitative estimate of drug-likeness (QED) is 0.553. The molecule has 0 spiro atoms. The summed E-state index contributed by atoms with van der Waals surface area (Å²) < 4.78 is 5.05. The topological polar surface area (TPSA) is 72.6 Å². The minimum absolute atomic E-state index is 0.0406. The van der Waals surface area contributed by atoms with Crippen LogP contribution in [-0.4, -0.2) is 29.8 Å². The summed E-state index contributed by atoms with van der Waals surface area (Å²) in [7, 11) is 0. The van der Waals surface area contributed by atoms with Gasteiger partial charge >= 0.3 is 5.97 Å². The molecule has 2 atom stereocenters. The van der Waals surface area contributed by atoms with Crippen LogP contribution in [0, 0.1) is 0 Å². The molecule has 1 aliphatic rings. The molecule has 0 aliphatic carbocycles. The van der Waals surface area contributed by atoms with E-state index in [9.17, 15) is 4.79 Å². The van der Waals surface area contributed by atoms with Crippen molar-refractivity contribution in [2.75, 3.05) is 6.54 Å². The van der Waals surface area contributed by atoms with E-state index in [2.05, 4.69) is 0 Å². The number of rotatable bonds is 2. The maximum atomic E-state index is 10.3. The molecule has 1 rings (SSSR count). The first-order valence-electron chi connectivity index (χ1n) is 3.32. The van der Waals surface area contributed by atoms with Crippen molar-refractivity contribution in [1.29, 1.82) is 0 Å². The molecular formula is C6H11NO3. The summed E-state index contributed by atoms with van der Waals surface area (Å²) in [5.41, 5.74) is 5.28. The van der Waals surface area contributed by atoms with Crippen LogP contribution in [-0.2, 0) is 9.53 Å². The molecule has 0 amide bonds. The highest BCUT2D eigenvalue weighted by atomic mass is 16.5. The minimum Gasteiger partial charge on any atom is -0.479 e. The average Bonchev–Trinajstić information content (AvgIpc) is 2.34. The fraction of sp³-hybridized carbons (Fsp3) is 0.833. The lowest BCUT2D eigenvalue weighted by Gasteiger charge is -2.06. The molecule has 10 heavy (non-hydrogen) atoms. The largest absolute Gasteiger partial charge is 0.479 e. The van der Waals surface area contributed by atoms with E-state index in [-0.39, 0.29) is 6.10 Å². The van der Waals surface area contributed by atoms with Crippen LogP contribution in [0.4, 0.5) is 0 Å². The van der Waals surface area contributed by atoms with Gasteiger partial charge in [0, 0.05) is 6.54 Å². The van der Waals surface area contributed by atoms with Crippen LogP contribution in [0.1, 0.15) is 12.8 Å². The highest BCUT2D eigenvalue weighted by Gasteiger charge is 2.29. The summed E-state index contributed by atoms with van der Waals surface area (Å²) in [6, 6.07) is 0. The van der Waals surface area contributed by atoms with E-state index < -0.39 is 12.1 Å². The first-order chi connectivity index (χ1) is 4.74. The maximum Gasteiger partial charge on any atom is 0.332 e. The molecule has 1 fully saturated rings. The first-order valence-corrected chi connectivity index (χ1v) is 3.32. The van der Waals surface area contributed by atoms with Crippen LogP contribution in [0.15, 0.2) is 0 Å². The van der Waals surface area contributed by atoms with Gasteiger partial charge in [-0.15, -0.1) is 0 Å². The third kappa shape index (κ3) is 1.46. The van der Waals surface area contributed by atoms with E-state index >= 15 is 0 Å². The van der Waals surface area contributed by atoms with E-state index in [1.165, 1.54) is 0 Å². The average molecular weight is 145 g/mol. The van der Waals surface area contributed by atoms with Gasteiger partial charge in [0.25, 0.3) is 0 Å². The van der Waals surface area contributed by atoms with Gasteiger partial charge in [0.15, 0.2) is 6.10 Å². The molecule has 4 heteroatoms. The fourth-order valence-electron chi connectivity index (χ4n) is 1.06. The van der Waals surface area contributed by atoms with E-state index in [0.717, 1.165) is 6.42 Å². The van der Waals surface area contributed by atoms with Gasteiger partial charge in [-0.25, -0.2) is 4.79 Å².